The van der Waals surface area contributed by atoms with Gasteiger partial charge in [-0.2, -0.15) is 13.2 Å². The fraction of sp³-hybridized carbons (Fsp3) is 0.667. The van der Waals surface area contributed by atoms with E-state index in [0.717, 1.165) is 48.0 Å². The molecule has 2 aliphatic rings. The fourth-order valence-electron chi connectivity index (χ4n) is 4.84. The molecular weight excluding hydrogens is 411 g/mol. The maximum absolute atomic E-state index is 12.4. The maximum atomic E-state index is 12.4. The SMILES string of the molecule is COCCN1CN([C@H]2CC[C@H](CNCC(F)(F)F)CC2)c2c(cnc3[nH]ccc23)C1O. The number of H-pyrrole nitrogens is 1. The molecule has 0 bridgehead atoms. The minimum atomic E-state index is -4.17. The summed E-state index contributed by atoms with van der Waals surface area (Å²) in [5.74, 6) is 0.253. The van der Waals surface area contributed by atoms with Gasteiger partial charge in [0.1, 0.15) is 11.9 Å². The second-order valence-electron chi connectivity index (χ2n) is 8.51. The van der Waals surface area contributed by atoms with Crippen molar-refractivity contribution in [2.45, 2.75) is 44.1 Å². The molecule has 7 nitrogen and oxygen atoms in total. The highest BCUT2D eigenvalue weighted by Crippen LogP contribution is 2.42. The van der Waals surface area contributed by atoms with Crippen molar-refractivity contribution in [3.8, 4) is 0 Å². The van der Waals surface area contributed by atoms with E-state index in [1.807, 2.05) is 17.2 Å². The molecule has 10 heteroatoms. The van der Waals surface area contributed by atoms with E-state index < -0.39 is 18.9 Å². The summed E-state index contributed by atoms with van der Waals surface area (Å²) in [6.45, 7) is 1.14. The molecule has 3 N–H and O–H groups in total. The third-order valence-corrected chi connectivity index (χ3v) is 6.43. The highest BCUT2D eigenvalue weighted by molar-refractivity contribution is 5.92. The lowest BCUT2D eigenvalue weighted by Gasteiger charge is -2.47. The predicted molar refractivity (Wildman–Crippen MR) is 112 cm³/mol. The summed E-state index contributed by atoms with van der Waals surface area (Å²) in [5.41, 5.74) is 2.57. The van der Waals surface area contributed by atoms with Crippen LogP contribution in [0.4, 0.5) is 18.9 Å². The topological polar surface area (TPSA) is 76.7 Å². The molecule has 1 aliphatic heterocycles. The molecule has 31 heavy (non-hydrogen) atoms. The Hall–Kier alpha value is -1.88. The van der Waals surface area contributed by atoms with Gasteiger partial charge in [-0.25, -0.2) is 4.98 Å². The van der Waals surface area contributed by atoms with E-state index in [4.69, 9.17) is 4.74 Å². The number of aliphatic hydroxyl groups excluding tert-OH is 1. The number of aromatic amines is 1. The zero-order valence-corrected chi connectivity index (χ0v) is 17.7. The minimum absolute atomic E-state index is 0.253. The van der Waals surface area contributed by atoms with Gasteiger partial charge in [-0.1, -0.05) is 0 Å². The number of hydrogen-bond donors (Lipinski definition) is 3. The fourth-order valence-corrected chi connectivity index (χ4v) is 4.84. The highest BCUT2D eigenvalue weighted by Gasteiger charge is 2.37. The van der Waals surface area contributed by atoms with Gasteiger partial charge in [0.25, 0.3) is 0 Å². The molecule has 0 aromatic carbocycles. The third kappa shape index (κ3) is 4.97. The molecule has 2 aromatic rings. The smallest absolute Gasteiger partial charge is 0.383 e. The number of ether oxygens (including phenoxy) is 1. The average Bonchev–Trinajstić information content (AvgIpc) is 3.22. The van der Waals surface area contributed by atoms with Gasteiger partial charge >= 0.3 is 6.18 Å². The van der Waals surface area contributed by atoms with Crippen LogP contribution < -0.4 is 10.2 Å². The van der Waals surface area contributed by atoms with Crippen LogP contribution in [0.2, 0.25) is 0 Å². The highest BCUT2D eigenvalue weighted by atomic mass is 19.4. The van der Waals surface area contributed by atoms with Crippen molar-refractivity contribution in [3.63, 3.8) is 0 Å². The van der Waals surface area contributed by atoms with Crippen LogP contribution in [0.1, 0.15) is 37.5 Å². The summed E-state index contributed by atoms with van der Waals surface area (Å²) >= 11 is 0. The summed E-state index contributed by atoms with van der Waals surface area (Å²) in [6, 6.07) is 2.24. The normalized spacial score (nSPS) is 25.2. The Morgan fingerprint density at radius 3 is 2.77 bits per heavy atom. The van der Waals surface area contributed by atoms with Gasteiger partial charge < -0.3 is 25.0 Å². The summed E-state index contributed by atoms with van der Waals surface area (Å²) < 4.78 is 42.4. The van der Waals surface area contributed by atoms with E-state index in [1.165, 1.54) is 0 Å². The van der Waals surface area contributed by atoms with Gasteiger partial charge in [-0.05, 0) is 44.2 Å². The molecule has 1 saturated carbocycles. The first-order chi connectivity index (χ1) is 14.9. The Kier molecular flexibility index (Phi) is 6.71. The van der Waals surface area contributed by atoms with Crippen molar-refractivity contribution in [1.82, 2.24) is 20.2 Å². The molecule has 0 spiro atoms. The van der Waals surface area contributed by atoms with Crippen LogP contribution in [0.5, 0.6) is 0 Å². The van der Waals surface area contributed by atoms with Crippen molar-refractivity contribution in [3.05, 3.63) is 24.0 Å². The molecule has 2 aromatic heterocycles. The Morgan fingerprint density at radius 1 is 1.29 bits per heavy atom. The summed E-state index contributed by atoms with van der Waals surface area (Å²) in [7, 11) is 1.64. The summed E-state index contributed by atoms with van der Waals surface area (Å²) in [5, 5.41) is 14.5. The van der Waals surface area contributed by atoms with Crippen LogP contribution in [-0.2, 0) is 4.74 Å². The number of nitrogens with zero attached hydrogens (tertiary/aromatic N) is 3. The third-order valence-electron chi connectivity index (χ3n) is 6.43. The standard InChI is InChI=1S/C21H30F3N5O2/c1-31-9-8-28-13-29(15-4-2-14(3-5-15)10-25-12-21(22,23)24)18-16-6-7-26-19(16)27-11-17(18)20(28)30/h6-7,11,14-15,20,25,30H,2-5,8-10,12-13H2,1H3,(H,26,27)/t14-,15-,20?. The summed E-state index contributed by atoms with van der Waals surface area (Å²) in [6.07, 6.45) is 2.22. The van der Waals surface area contributed by atoms with Gasteiger partial charge in [-0.3, -0.25) is 4.90 Å². The number of hydrogen-bond acceptors (Lipinski definition) is 6. The Balaban J connectivity index is 1.50. The van der Waals surface area contributed by atoms with Crippen LogP contribution in [0.3, 0.4) is 0 Å². The van der Waals surface area contributed by atoms with Gasteiger partial charge in [0.15, 0.2) is 0 Å². The number of anilines is 1. The number of alkyl halides is 3. The molecule has 1 fully saturated rings. The zero-order valence-electron chi connectivity index (χ0n) is 17.7. The Labute approximate surface area is 179 Å². The lowest BCUT2D eigenvalue weighted by Crippen LogP contribution is -2.51. The van der Waals surface area contributed by atoms with E-state index in [9.17, 15) is 18.3 Å². The lowest BCUT2D eigenvalue weighted by atomic mass is 9.84. The van der Waals surface area contributed by atoms with Crippen molar-refractivity contribution in [1.29, 1.82) is 0 Å². The quantitative estimate of drug-likeness (QED) is 0.613. The maximum Gasteiger partial charge on any atom is 0.401 e. The van der Waals surface area contributed by atoms with Gasteiger partial charge in [-0.15, -0.1) is 0 Å². The molecule has 0 amide bonds. The van der Waals surface area contributed by atoms with Gasteiger partial charge in [0.2, 0.25) is 0 Å². The first kappa shape index (κ1) is 22.3. The van der Waals surface area contributed by atoms with E-state index in [0.29, 0.717) is 26.4 Å². The Morgan fingerprint density at radius 2 is 2.06 bits per heavy atom. The van der Waals surface area contributed by atoms with Crippen molar-refractivity contribution in [2.75, 3.05) is 44.9 Å². The number of methoxy groups -OCH3 is 1. The van der Waals surface area contributed by atoms with Crippen LogP contribution in [0.25, 0.3) is 11.0 Å². The zero-order chi connectivity index (χ0) is 22.0. The second kappa shape index (κ2) is 9.32. The predicted octanol–water partition coefficient (Wildman–Crippen LogP) is 2.99. The molecule has 0 radical (unpaired) electrons. The van der Waals surface area contributed by atoms with E-state index >= 15 is 0 Å². The first-order valence-corrected chi connectivity index (χ1v) is 10.8. The molecule has 1 unspecified atom stereocenters. The molecular formula is C21H30F3N5O2. The average molecular weight is 441 g/mol. The van der Waals surface area contributed by atoms with Crippen LogP contribution in [0.15, 0.2) is 18.5 Å². The van der Waals surface area contributed by atoms with Crippen molar-refractivity contribution in [2.24, 2.45) is 5.92 Å². The van der Waals surface area contributed by atoms with E-state index in [1.54, 1.807) is 13.3 Å². The van der Waals surface area contributed by atoms with Crippen LogP contribution in [0, 0.1) is 5.92 Å². The monoisotopic (exact) mass is 441 g/mol. The Bertz CT molecular complexity index is 866. The van der Waals surface area contributed by atoms with Crippen LogP contribution in [-0.4, -0.2) is 72.2 Å². The number of pyridine rings is 1. The van der Waals surface area contributed by atoms with Gasteiger partial charge in [0, 0.05) is 43.0 Å². The number of rotatable bonds is 7. The number of aromatic nitrogens is 2. The largest absolute Gasteiger partial charge is 0.401 e. The number of fused-ring (bicyclic) bond motifs is 3. The molecule has 4 rings (SSSR count). The van der Waals surface area contributed by atoms with E-state index in [2.05, 4.69) is 20.2 Å². The second-order valence-corrected chi connectivity index (χ2v) is 8.51. The number of halogens is 3. The van der Waals surface area contributed by atoms with Crippen molar-refractivity contribution < 1.29 is 23.0 Å². The molecule has 172 valence electrons. The van der Waals surface area contributed by atoms with E-state index in [-0.39, 0.29) is 12.0 Å². The molecule has 1 atom stereocenters. The molecule has 0 saturated heterocycles. The van der Waals surface area contributed by atoms with Gasteiger partial charge in [0.05, 0.1) is 25.5 Å². The molecule has 1 aliphatic carbocycles. The lowest BCUT2D eigenvalue weighted by molar-refractivity contribution is -0.125. The van der Waals surface area contributed by atoms with Crippen molar-refractivity contribution >= 4 is 16.7 Å². The number of aliphatic hydroxyl groups is 1. The summed E-state index contributed by atoms with van der Waals surface area (Å²) in [4.78, 5) is 11.9. The molecule has 3 heterocycles. The first-order valence-electron chi connectivity index (χ1n) is 10.8. The van der Waals surface area contributed by atoms with Crippen LogP contribution >= 0.6 is 0 Å². The minimum Gasteiger partial charge on any atom is -0.383 e. The number of nitrogens with one attached hydrogen (secondary N) is 2.